The van der Waals surface area contributed by atoms with Crippen LogP contribution in [0.15, 0.2) is 53.0 Å². The summed E-state index contributed by atoms with van der Waals surface area (Å²) in [7, 11) is 0. The molecule has 2 aromatic carbocycles. The molecule has 2 rings (SSSR count). The summed E-state index contributed by atoms with van der Waals surface area (Å²) in [6.07, 6.45) is -0.376. The van der Waals surface area contributed by atoms with Crippen LogP contribution in [0.4, 0.5) is 5.69 Å². The number of carbonyl (C=O) groups excluding carboxylic acids is 1. The molecule has 0 aliphatic carbocycles. The number of phenols is 1. The van der Waals surface area contributed by atoms with Crippen LogP contribution in [0, 0.1) is 0 Å². The summed E-state index contributed by atoms with van der Waals surface area (Å²) < 4.78 is 0.880. The molecule has 0 saturated carbocycles. The smallest absolute Gasteiger partial charge is 0.303 e. The van der Waals surface area contributed by atoms with Crippen LogP contribution in [-0.2, 0) is 16.1 Å². The van der Waals surface area contributed by atoms with E-state index in [4.69, 9.17) is 5.11 Å². The molecule has 0 aromatic heterocycles. The van der Waals surface area contributed by atoms with E-state index in [1.807, 2.05) is 24.3 Å². The number of phenolic OH excluding ortho intramolecular Hbond substituents is 1. The molecule has 120 valence electrons. The van der Waals surface area contributed by atoms with Crippen molar-refractivity contribution in [2.45, 2.75) is 19.4 Å². The van der Waals surface area contributed by atoms with Crippen LogP contribution < -0.4 is 4.90 Å². The van der Waals surface area contributed by atoms with Crippen LogP contribution in [-0.4, -0.2) is 22.1 Å². The molecule has 0 saturated heterocycles. The van der Waals surface area contributed by atoms with Crippen molar-refractivity contribution in [1.29, 1.82) is 0 Å². The summed E-state index contributed by atoms with van der Waals surface area (Å²) >= 11 is 3.38. The van der Waals surface area contributed by atoms with E-state index in [0.29, 0.717) is 5.69 Å². The lowest BCUT2D eigenvalue weighted by Crippen LogP contribution is -2.30. The zero-order valence-corrected chi connectivity index (χ0v) is 13.9. The quantitative estimate of drug-likeness (QED) is 0.806. The molecule has 6 heteroatoms. The Labute approximate surface area is 142 Å². The number of rotatable bonds is 6. The molecule has 0 heterocycles. The molecule has 0 spiro atoms. The lowest BCUT2D eigenvalue weighted by molar-refractivity contribution is -0.138. The molecule has 0 fully saturated rings. The summed E-state index contributed by atoms with van der Waals surface area (Å²) in [5.41, 5.74) is 1.23. The highest BCUT2D eigenvalue weighted by Crippen LogP contribution is 2.29. The van der Waals surface area contributed by atoms with Gasteiger partial charge in [0.2, 0.25) is 5.91 Å². The molecule has 23 heavy (non-hydrogen) atoms. The first-order chi connectivity index (χ1) is 11.0. The van der Waals surface area contributed by atoms with Crippen molar-refractivity contribution in [2.24, 2.45) is 0 Å². The highest BCUT2D eigenvalue weighted by Gasteiger charge is 2.19. The fraction of sp³-hybridized carbons (Fsp3) is 0.176. The van der Waals surface area contributed by atoms with Gasteiger partial charge in [-0.05, 0) is 29.8 Å². The molecule has 2 aromatic rings. The zero-order valence-electron chi connectivity index (χ0n) is 12.3. The number of para-hydroxylation sites is 2. The standard InChI is InChI=1S/C17H16BrNO4/c18-13-5-3-4-12(10-13)11-19(16(21)8-9-17(22)23)14-6-1-2-7-15(14)20/h1-7,10,20H,8-9,11H2,(H,22,23). The van der Waals surface area contributed by atoms with E-state index in [0.717, 1.165) is 10.0 Å². The number of carboxylic acid groups (broad SMARTS) is 1. The predicted octanol–water partition coefficient (Wildman–Crippen LogP) is 3.55. The number of aliphatic carboxylic acids is 1. The lowest BCUT2D eigenvalue weighted by atomic mass is 10.1. The lowest BCUT2D eigenvalue weighted by Gasteiger charge is -2.24. The maximum Gasteiger partial charge on any atom is 0.303 e. The van der Waals surface area contributed by atoms with E-state index in [1.165, 1.54) is 11.0 Å². The van der Waals surface area contributed by atoms with Crippen LogP contribution in [0.25, 0.3) is 0 Å². The third-order valence-corrected chi connectivity index (χ3v) is 3.75. The number of carbonyl (C=O) groups is 2. The Bertz CT molecular complexity index is 717. The SMILES string of the molecule is O=C(O)CCC(=O)N(Cc1cccc(Br)c1)c1ccccc1O. The van der Waals surface area contributed by atoms with Crippen LogP contribution in [0.1, 0.15) is 18.4 Å². The van der Waals surface area contributed by atoms with E-state index >= 15 is 0 Å². The van der Waals surface area contributed by atoms with E-state index < -0.39 is 5.97 Å². The maximum atomic E-state index is 12.4. The van der Waals surface area contributed by atoms with Crippen molar-refractivity contribution in [1.82, 2.24) is 0 Å². The van der Waals surface area contributed by atoms with E-state index in [2.05, 4.69) is 15.9 Å². The molecular weight excluding hydrogens is 362 g/mol. The predicted molar refractivity (Wildman–Crippen MR) is 90.3 cm³/mol. The van der Waals surface area contributed by atoms with Crippen molar-refractivity contribution in [3.8, 4) is 5.75 Å². The van der Waals surface area contributed by atoms with E-state index in [1.54, 1.807) is 18.2 Å². The highest BCUT2D eigenvalue weighted by atomic mass is 79.9. The summed E-state index contributed by atoms with van der Waals surface area (Å²) in [6, 6.07) is 14.0. The summed E-state index contributed by atoms with van der Waals surface area (Å²) in [5, 5.41) is 18.8. The Morgan fingerprint density at radius 3 is 2.43 bits per heavy atom. The monoisotopic (exact) mass is 377 g/mol. The van der Waals surface area contributed by atoms with Crippen molar-refractivity contribution in [3.63, 3.8) is 0 Å². The molecule has 0 aliphatic rings. The number of halogens is 1. The first-order valence-electron chi connectivity index (χ1n) is 7.02. The van der Waals surface area contributed by atoms with Gasteiger partial charge in [0.05, 0.1) is 18.7 Å². The summed E-state index contributed by atoms with van der Waals surface area (Å²) in [6.45, 7) is 0.246. The number of nitrogens with zero attached hydrogens (tertiary/aromatic N) is 1. The first kappa shape index (κ1) is 17.0. The topological polar surface area (TPSA) is 77.8 Å². The van der Waals surface area contributed by atoms with Gasteiger partial charge in [-0.25, -0.2) is 0 Å². The minimum absolute atomic E-state index is 0.0221. The number of amides is 1. The second-order valence-electron chi connectivity index (χ2n) is 4.99. The minimum atomic E-state index is -1.03. The van der Waals surface area contributed by atoms with Gasteiger partial charge in [0.15, 0.2) is 0 Å². The molecule has 5 nitrogen and oxygen atoms in total. The summed E-state index contributed by atoms with van der Waals surface area (Å²) in [5.74, 6) is -1.40. The van der Waals surface area contributed by atoms with Crippen molar-refractivity contribution >= 4 is 33.5 Å². The van der Waals surface area contributed by atoms with Crippen molar-refractivity contribution < 1.29 is 19.8 Å². The normalized spacial score (nSPS) is 10.3. The van der Waals surface area contributed by atoms with Gasteiger partial charge in [-0.2, -0.15) is 0 Å². The molecule has 0 radical (unpaired) electrons. The van der Waals surface area contributed by atoms with E-state index in [-0.39, 0.29) is 31.0 Å². The van der Waals surface area contributed by atoms with Gasteiger partial charge >= 0.3 is 5.97 Å². The molecule has 1 amide bonds. The molecule has 2 N–H and O–H groups in total. The Balaban J connectivity index is 2.29. The van der Waals surface area contributed by atoms with Gasteiger partial charge in [0, 0.05) is 10.9 Å². The first-order valence-corrected chi connectivity index (χ1v) is 7.81. The Hall–Kier alpha value is -2.34. The Kier molecular flexibility index (Phi) is 5.76. The van der Waals surface area contributed by atoms with Gasteiger partial charge in [-0.1, -0.05) is 40.2 Å². The van der Waals surface area contributed by atoms with Crippen LogP contribution >= 0.6 is 15.9 Å². The number of aromatic hydroxyl groups is 1. The molecule has 0 atom stereocenters. The van der Waals surface area contributed by atoms with Gasteiger partial charge in [-0.15, -0.1) is 0 Å². The third-order valence-electron chi connectivity index (χ3n) is 3.26. The average molecular weight is 378 g/mol. The Morgan fingerprint density at radius 2 is 1.78 bits per heavy atom. The fourth-order valence-electron chi connectivity index (χ4n) is 2.17. The van der Waals surface area contributed by atoms with Crippen molar-refractivity contribution in [2.75, 3.05) is 4.90 Å². The average Bonchev–Trinajstić information content (AvgIpc) is 2.51. The van der Waals surface area contributed by atoms with Crippen LogP contribution in [0.2, 0.25) is 0 Å². The van der Waals surface area contributed by atoms with Crippen LogP contribution in [0.3, 0.4) is 0 Å². The summed E-state index contributed by atoms with van der Waals surface area (Å²) in [4.78, 5) is 24.5. The Morgan fingerprint density at radius 1 is 1.04 bits per heavy atom. The number of benzene rings is 2. The van der Waals surface area contributed by atoms with Gasteiger partial charge < -0.3 is 15.1 Å². The number of carboxylic acids is 1. The second kappa shape index (κ2) is 7.78. The number of anilines is 1. The largest absolute Gasteiger partial charge is 0.506 e. The number of hydrogen-bond donors (Lipinski definition) is 2. The molecule has 0 unspecified atom stereocenters. The minimum Gasteiger partial charge on any atom is -0.506 e. The zero-order chi connectivity index (χ0) is 16.8. The maximum absolute atomic E-state index is 12.4. The molecule has 0 aliphatic heterocycles. The van der Waals surface area contributed by atoms with E-state index in [9.17, 15) is 14.7 Å². The second-order valence-corrected chi connectivity index (χ2v) is 5.91. The fourth-order valence-corrected chi connectivity index (χ4v) is 2.61. The molecule has 0 bridgehead atoms. The van der Waals surface area contributed by atoms with Crippen molar-refractivity contribution in [3.05, 3.63) is 58.6 Å². The molecular formula is C17H16BrNO4. The third kappa shape index (κ3) is 4.82. The van der Waals surface area contributed by atoms with Crippen LogP contribution in [0.5, 0.6) is 5.75 Å². The van der Waals surface area contributed by atoms with Gasteiger partial charge in [0.1, 0.15) is 5.75 Å². The highest BCUT2D eigenvalue weighted by molar-refractivity contribution is 9.10. The number of hydrogen-bond acceptors (Lipinski definition) is 3. The van der Waals surface area contributed by atoms with Gasteiger partial charge in [0.25, 0.3) is 0 Å². The van der Waals surface area contributed by atoms with Gasteiger partial charge in [-0.3, -0.25) is 9.59 Å².